The van der Waals surface area contributed by atoms with Crippen LogP contribution in [0.5, 0.6) is 5.75 Å². The molecule has 156 valence electrons. The van der Waals surface area contributed by atoms with Gasteiger partial charge < -0.3 is 10.1 Å². The number of hydrogen-bond donors (Lipinski definition) is 1. The van der Waals surface area contributed by atoms with Crippen molar-refractivity contribution in [2.24, 2.45) is 0 Å². The summed E-state index contributed by atoms with van der Waals surface area (Å²) in [5.74, 6) is 0.447. The van der Waals surface area contributed by atoms with Crippen molar-refractivity contribution in [3.63, 3.8) is 0 Å². The number of methoxy groups -OCH3 is 1. The number of hydrogen-bond acceptors (Lipinski definition) is 4. The van der Waals surface area contributed by atoms with E-state index in [1.807, 2.05) is 31.2 Å². The van der Waals surface area contributed by atoms with Crippen molar-refractivity contribution in [2.45, 2.75) is 19.5 Å². The Morgan fingerprint density at radius 3 is 2.45 bits per heavy atom. The highest BCUT2D eigenvalue weighted by atomic mass is 35.5. The third-order valence-electron chi connectivity index (χ3n) is 5.22. The Labute approximate surface area is 176 Å². The summed E-state index contributed by atoms with van der Waals surface area (Å²) >= 11 is 5.91. The van der Waals surface area contributed by atoms with E-state index in [1.54, 1.807) is 13.2 Å². The van der Waals surface area contributed by atoms with E-state index in [2.05, 4.69) is 15.1 Å². The highest BCUT2D eigenvalue weighted by Gasteiger charge is 2.21. The molecule has 0 aliphatic carbocycles. The lowest BCUT2D eigenvalue weighted by atomic mass is 10.1. The summed E-state index contributed by atoms with van der Waals surface area (Å²) in [5, 5.41) is 3.72. The minimum absolute atomic E-state index is 0.00713. The van der Waals surface area contributed by atoms with E-state index in [4.69, 9.17) is 16.3 Å². The van der Waals surface area contributed by atoms with Crippen molar-refractivity contribution in [3.8, 4) is 5.75 Å². The summed E-state index contributed by atoms with van der Waals surface area (Å²) in [5.41, 5.74) is 1.87. The van der Waals surface area contributed by atoms with Crippen LogP contribution in [-0.2, 0) is 11.3 Å². The van der Waals surface area contributed by atoms with Crippen molar-refractivity contribution >= 4 is 17.5 Å². The van der Waals surface area contributed by atoms with E-state index in [1.165, 1.54) is 12.1 Å². The van der Waals surface area contributed by atoms with E-state index in [9.17, 15) is 9.18 Å². The molecule has 0 radical (unpaired) electrons. The number of nitrogens with zero attached hydrogens (tertiary/aromatic N) is 2. The van der Waals surface area contributed by atoms with E-state index in [-0.39, 0.29) is 17.8 Å². The van der Waals surface area contributed by atoms with Crippen molar-refractivity contribution in [2.75, 3.05) is 39.8 Å². The molecule has 1 aliphatic rings. The maximum Gasteiger partial charge on any atom is 0.234 e. The summed E-state index contributed by atoms with van der Waals surface area (Å²) in [6.45, 7) is 6.19. The predicted octanol–water partition coefficient (Wildman–Crippen LogP) is 3.48. The second-order valence-corrected chi connectivity index (χ2v) is 7.79. The highest BCUT2D eigenvalue weighted by molar-refractivity contribution is 6.30. The van der Waals surface area contributed by atoms with Gasteiger partial charge in [0.15, 0.2) is 0 Å². The van der Waals surface area contributed by atoms with Crippen LogP contribution >= 0.6 is 11.6 Å². The van der Waals surface area contributed by atoms with Gasteiger partial charge in [-0.1, -0.05) is 23.7 Å². The summed E-state index contributed by atoms with van der Waals surface area (Å²) in [4.78, 5) is 16.8. The predicted molar refractivity (Wildman–Crippen MR) is 113 cm³/mol. The van der Waals surface area contributed by atoms with Crippen LogP contribution < -0.4 is 10.1 Å². The lowest BCUT2D eigenvalue weighted by Gasteiger charge is -2.34. The highest BCUT2D eigenvalue weighted by Crippen LogP contribution is 2.22. The smallest absolute Gasteiger partial charge is 0.234 e. The summed E-state index contributed by atoms with van der Waals surface area (Å²) in [7, 11) is 1.60. The van der Waals surface area contributed by atoms with Crippen LogP contribution in [0, 0.1) is 5.82 Å². The van der Waals surface area contributed by atoms with Crippen LogP contribution in [0.15, 0.2) is 42.5 Å². The van der Waals surface area contributed by atoms with E-state index in [0.717, 1.165) is 37.3 Å². The van der Waals surface area contributed by atoms with Gasteiger partial charge >= 0.3 is 0 Å². The molecule has 1 fully saturated rings. The Kier molecular flexibility index (Phi) is 7.47. The quantitative estimate of drug-likeness (QED) is 0.746. The zero-order chi connectivity index (χ0) is 20.8. The third-order valence-corrected chi connectivity index (χ3v) is 5.47. The number of carbonyl (C=O) groups excluding carboxylic acids is 1. The van der Waals surface area contributed by atoms with Gasteiger partial charge in [-0.3, -0.25) is 14.6 Å². The van der Waals surface area contributed by atoms with Crippen LogP contribution in [0.25, 0.3) is 0 Å². The number of nitrogens with one attached hydrogen (secondary N) is 1. The van der Waals surface area contributed by atoms with E-state index in [0.29, 0.717) is 23.9 Å². The van der Waals surface area contributed by atoms with Crippen molar-refractivity contribution in [3.05, 3.63) is 64.4 Å². The fraction of sp³-hybridized carbons (Fsp3) is 0.409. The molecule has 0 aromatic heterocycles. The Balaban J connectivity index is 1.45. The largest absolute Gasteiger partial charge is 0.496 e. The topological polar surface area (TPSA) is 44.8 Å². The second-order valence-electron chi connectivity index (χ2n) is 7.35. The molecule has 0 saturated carbocycles. The Morgan fingerprint density at radius 2 is 1.79 bits per heavy atom. The van der Waals surface area contributed by atoms with Crippen molar-refractivity contribution in [1.29, 1.82) is 0 Å². The molecule has 1 aliphatic heterocycles. The first-order valence-electron chi connectivity index (χ1n) is 9.76. The monoisotopic (exact) mass is 419 g/mol. The van der Waals surface area contributed by atoms with Crippen LogP contribution in [-0.4, -0.2) is 55.5 Å². The van der Waals surface area contributed by atoms with Crippen molar-refractivity contribution in [1.82, 2.24) is 15.1 Å². The van der Waals surface area contributed by atoms with Gasteiger partial charge in [-0.2, -0.15) is 0 Å². The van der Waals surface area contributed by atoms with Gasteiger partial charge in [0, 0.05) is 43.3 Å². The van der Waals surface area contributed by atoms with Gasteiger partial charge in [0.1, 0.15) is 11.6 Å². The normalized spacial score (nSPS) is 16.4. The van der Waals surface area contributed by atoms with Gasteiger partial charge in [-0.25, -0.2) is 4.39 Å². The first-order chi connectivity index (χ1) is 13.9. The first-order valence-corrected chi connectivity index (χ1v) is 10.1. The van der Waals surface area contributed by atoms with E-state index < -0.39 is 0 Å². The number of amides is 1. The standard InChI is InChI=1S/C22H27ClFN3O2/c1-16(17-3-5-19(23)6-4-17)25-22(28)15-27-11-9-26(10-12-27)14-18-13-20(24)7-8-21(18)29-2/h3-8,13,16H,9-12,14-15H2,1-2H3,(H,25,28)/t16-/m1/s1. The van der Waals surface area contributed by atoms with Gasteiger partial charge in [0.25, 0.3) is 0 Å². The molecule has 3 rings (SSSR count). The van der Waals surface area contributed by atoms with Crippen LogP contribution in [0.1, 0.15) is 24.1 Å². The van der Waals surface area contributed by atoms with Crippen LogP contribution in [0.3, 0.4) is 0 Å². The van der Waals surface area contributed by atoms with Gasteiger partial charge in [0.05, 0.1) is 19.7 Å². The number of halogens is 2. The molecule has 5 nitrogen and oxygen atoms in total. The number of piperazine rings is 1. The molecule has 1 heterocycles. The first kappa shape index (κ1) is 21.6. The Bertz CT molecular complexity index is 823. The molecule has 1 N–H and O–H groups in total. The molecular formula is C22H27ClFN3O2. The number of rotatable bonds is 7. The molecule has 2 aromatic carbocycles. The molecule has 1 atom stereocenters. The number of benzene rings is 2. The van der Waals surface area contributed by atoms with Crippen LogP contribution in [0.2, 0.25) is 5.02 Å². The third kappa shape index (κ3) is 6.16. The minimum atomic E-state index is -0.258. The maximum atomic E-state index is 13.6. The Morgan fingerprint density at radius 1 is 1.14 bits per heavy atom. The molecule has 0 bridgehead atoms. The average Bonchev–Trinajstić information content (AvgIpc) is 2.70. The molecule has 1 saturated heterocycles. The summed E-state index contributed by atoms with van der Waals surface area (Å²) in [6.07, 6.45) is 0. The Hall–Kier alpha value is -2.15. The van der Waals surface area contributed by atoms with Gasteiger partial charge in [-0.15, -0.1) is 0 Å². The fourth-order valence-electron chi connectivity index (χ4n) is 3.54. The molecule has 29 heavy (non-hydrogen) atoms. The number of carbonyl (C=O) groups is 1. The molecule has 1 amide bonds. The van der Waals surface area contributed by atoms with Gasteiger partial charge in [0.2, 0.25) is 5.91 Å². The zero-order valence-electron chi connectivity index (χ0n) is 16.8. The lowest BCUT2D eigenvalue weighted by molar-refractivity contribution is -0.123. The van der Waals surface area contributed by atoms with Crippen LogP contribution in [0.4, 0.5) is 4.39 Å². The molecular weight excluding hydrogens is 393 g/mol. The molecule has 2 aromatic rings. The molecule has 0 spiro atoms. The second kappa shape index (κ2) is 10.1. The number of ether oxygens (including phenoxy) is 1. The fourth-order valence-corrected chi connectivity index (χ4v) is 3.67. The maximum absolute atomic E-state index is 13.6. The molecule has 7 heteroatoms. The summed E-state index contributed by atoms with van der Waals surface area (Å²) in [6, 6.07) is 12.0. The minimum Gasteiger partial charge on any atom is -0.496 e. The van der Waals surface area contributed by atoms with E-state index >= 15 is 0 Å². The zero-order valence-corrected chi connectivity index (χ0v) is 17.6. The lowest BCUT2D eigenvalue weighted by Crippen LogP contribution is -2.49. The van der Waals surface area contributed by atoms with Gasteiger partial charge in [-0.05, 0) is 42.8 Å². The SMILES string of the molecule is COc1ccc(F)cc1CN1CCN(CC(=O)N[C@H](C)c2ccc(Cl)cc2)CC1. The molecule has 0 unspecified atom stereocenters. The average molecular weight is 420 g/mol. The van der Waals surface area contributed by atoms with Crippen molar-refractivity contribution < 1.29 is 13.9 Å². The summed E-state index contributed by atoms with van der Waals surface area (Å²) < 4.78 is 18.9.